The number of fused-ring (bicyclic) bond motifs is 1. The summed E-state index contributed by atoms with van der Waals surface area (Å²) in [5.74, 6) is 0.846. The van der Waals surface area contributed by atoms with Crippen LogP contribution in [-0.4, -0.2) is 23.4 Å². The lowest BCUT2D eigenvalue weighted by atomic mass is 9.80. The first-order chi connectivity index (χ1) is 9.22. The van der Waals surface area contributed by atoms with Crippen LogP contribution in [0, 0.1) is 0 Å². The second-order valence-electron chi connectivity index (χ2n) is 5.78. The van der Waals surface area contributed by atoms with Gasteiger partial charge in [-0.25, -0.2) is 0 Å². The van der Waals surface area contributed by atoms with E-state index in [1.807, 2.05) is 24.3 Å². The third-order valence-corrected chi connectivity index (χ3v) is 4.29. The summed E-state index contributed by atoms with van der Waals surface area (Å²) in [7, 11) is 0. The standard InChI is InChI=1S/C16H22O3/c1-2-5-12-10-16(8-9-18-12)11-14(17)13-6-3-4-7-15(13)19-16/h3-4,6-7,12,14,17H,2,5,8-11H2,1H3/t12?,14-,16?/m0/s1. The first-order valence-electron chi connectivity index (χ1n) is 7.30. The van der Waals surface area contributed by atoms with E-state index >= 15 is 0 Å². The summed E-state index contributed by atoms with van der Waals surface area (Å²) < 4.78 is 12.1. The minimum Gasteiger partial charge on any atom is -0.487 e. The minimum absolute atomic E-state index is 0.230. The molecule has 1 saturated heterocycles. The van der Waals surface area contributed by atoms with Gasteiger partial charge in [0.25, 0.3) is 0 Å². The highest BCUT2D eigenvalue weighted by Crippen LogP contribution is 2.45. The zero-order valence-electron chi connectivity index (χ0n) is 11.5. The maximum absolute atomic E-state index is 10.4. The van der Waals surface area contributed by atoms with Gasteiger partial charge < -0.3 is 14.6 Å². The highest BCUT2D eigenvalue weighted by Gasteiger charge is 2.44. The van der Waals surface area contributed by atoms with Crippen molar-refractivity contribution in [3.8, 4) is 5.75 Å². The van der Waals surface area contributed by atoms with Crippen LogP contribution in [0.3, 0.4) is 0 Å². The van der Waals surface area contributed by atoms with Crippen LogP contribution in [-0.2, 0) is 4.74 Å². The van der Waals surface area contributed by atoms with E-state index in [0.29, 0.717) is 6.42 Å². The van der Waals surface area contributed by atoms with Crippen molar-refractivity contribution < 1.29 is 14.6 Å². The summed E-state index contributed by atoms with van der Waals surface area (Å²) in [6.07, 6.45) is 4.52. The van der Waals surface area contributed by atoms with Gasteiger partial charge in [-0.3, -0.25) is 0 Å². The fourth-order valence-corrected chi connectivity index (χ4v) is 3.36. The van der Waals surface area contributed by atoms with Gasteiger partial charge in [-0.15, -0.1) is 0 Å². The monoisotopic (exact) mass is 262 g/mol. The van der Waals surface area contributed by atoms with Gasteiger partial charge in [0.2, 0.25) is 0 Å². The Morgan fingerprint density at radius 3 is 3.00 bits per heavy atom. The van der Waals surface area contributed by atoms with Crippen LogP contribution in [0.5, 0.6) is 5.75 Å². The smallest absolute Gasteiger partial charge is 0.125 e. The third kappa shape index (κ3) is 2.49. The fourth-order valence-electron chi connectivity index (χ4n) is 3.36. The number of aliphatic hydroxyl groups is 1. The lowest BCUT2D eigenvalue weighted by Crippen LogP contribution is -2.48. The Balaban J connectivity index is 1.83. The first kappa shape index (κ1) is 12.9. The van der Waals surface area contributed by atoms with Crippen molar-refractivity contribution in [1.82, 2.24) is 0 Å². The number of hydrogen-bond donors (Lipinski definition) is 1. The molecule has 1 aromatic rings. The van der Waals surface area contributed by atoms with Crippen molar-refractivity contribution in [2.24, 2.45) is 0 Å². The predicted molar refractivity (Wildman–Crippen MR) is 73.3 cm³/mol. The molecule has 3 atom stereocenters. The molecule has 0 saturated carbocycles. The summed E-state index contributed by atoms with van der Waals surface area (Å²) in [5.41, 5.74) is 0.693. The predicted octanol–water partition coefficient (Wildman–Crippen LogP) is 3.22. The number of aliphatic hydroxyl groups excluding tert-OH is 1. The van der Waals surface area contributed by atoms with Crippen molar-refractivity contribution in [3.05, 3.63) is 29.8 Å². The number of ether oxygens (including phenoxy) is 2. The number of rotatable bonds is 2. The van der Waals surface area contributed by atoms with E-state index in [-0.39, 0.29) is 11.7 Å². The molecule has 0 amide bonds. The van der Waals surface area contributed by atoms with Gasteiger partial charge >= 0.3 is 0 Å². The van der Waals surface area contributed by atoms with Crippen LogP contribution < -0.4 is 4.74 Å². The molecule has 2 aliphatic rings. The molecule has 1 N–H and O–H groups in total. The van der Waals surface area contributed by atoms with Gasteiger partial charge in [-0.2, -0.15) is 0 Å². The highest BCUT2D eigenvalue weighted by molar-refractivity contribution is 5.38. The summed E-state index contributed by atoms with van der Waals surface area (Å²) in [6.45, 7) is 2.91. The van der Waals surface area contributed by atoms with E-state index in [0.717, 1.165) is 43.6 Å². The third-order valence-electron chi connectivity index (χ3n) is 4.29. The van der Waals surface area contributed by atoms with Crippen molar-refractivity contribution in [2.75, 3.05) is 6.61 Å². The zero-order chi connectivity index (χ0) is 13.3. The topological polar surface area (TPSA) is 38.7 Å². The second kappa shape index (κ2) is 5.14. The summed E-state index contributed by atoms with van der Waals surface area (Å²) in [6, 6.07) is 7.83. The Morgan fingerprint density at radius 1 is 1.32 bits per heavy atom. The molecule has 2 aliphatic heterocycles. The van der Waals surface area contributed by atoms with E-state index in [1.165, 1.54) is 0 Å². The molecule has 1 aromatic carbocycles. The van der Waals surface area contributed by atoms with Crippen molar-refractivity contribution in [2.45, 2.75) is 56.8 Å². The van der Waals surface area contributed by atoms with Crippen molar-refractivity contribution in [3.63, 3.8) is 0 Å². The first-order valence-corrected chi connectivity index (χ1v) is 7.30. The highest BCUT2D eigenvalue weighted by atomic mass is 16.5. The Bertz CT molecular complexity index is 443. The zero-order valence-corrected chi connectivity index (χ0v) is 11.5. The van der Waals surface area contributed by atoms with Gasteiger partial charge in [0.1, 0.15) is 11.4 Å². The van der Waals surface area contributed by atoms with Crippen molar-refractivity contribution in [1.29, 1.82) is 0 Å². The molecular formula is C16H22O3. The summed E-state index contributed by atoms with van der Waals surface area (Å²) >= 11 is 0. The van der Waals surface area contributed by atoms with Gasteiger partial charge in [0, 0.05) is 24.8 Å². The molecule has 0 radical (unpaired) electrons. The molecule has 0 aromatic heterocycles. The molecule has 19 heavy (non-hydrogen) atoms. The quantitative estimate of drug-likeness (QED) is 0.889. The van der Waals surface area contributed by atoms with Crippen LogP contribution in [0.25, 0.3) is 0 Å². The Hall–Kier alpha value is -1.06. The Kier molecular flexibility index (Phi) is 3.50. The SMILES string of the molecule is CCCC1CC2(CCO1)C[C@H](O)c1ccccc1O2. The molecular weight excluding hydrogens is 240 g/mol. The minimum atomic E-state index is -0.412. The molecule has 2 heterocycles. The van der Waals surface area contributed by atoms with Crippen LogP contribution in [0.1, 0.15) is 50.7 Å². The van der Waals surface area contributed by atoms with Gasteiger partial charge in [0.15, 0.2) is 0 Å². The fraction of sp³-hybridized carbons (Fsp3) is 0.625. The van der Waals surface area contributed by atoms with E-state index in [1.54, 1.807) is 0 Å². The van der Waals surface area contributed by atoms with Crippen molar-refractivity contribution >= 4 is 0 Å². The maximum Gasteiger partial charge on any atom is 0.125 e. The summed E-state index contributed by atoms with van der Waals surface area (Å²) in [4.78, 5) is 0. The number of para-hydroxylation sites is 1. The second-order valence-corrected chi connectivity index (χ2v) is 5.78. The van der Waals surface area contributed by atoms with Gasteiger partial charge in [-0.1, -0.05) is 31.5 Å². The average molecular weight is 262 g/mol. The van der Waals surface area contributed by atoms with Crippen LogP contribution >= 0.6 is 0 Å². The molecule has 104 valence electrons. The number of hydrogen-bond acceptors (Lipinski definition) is 3. The van der Waals surface area contributed by atoms with Crippen LogP contribution in [0.2, 0.25) is 0 Å². The lowest BCUT2D eigenvalue weighted by molar-refractivity contribution is -0.118. The Morgan fingerprint density at radius 2 is 2.16 bits per heavy atom. The van der Waals surface area contributed by atoms with Gasteiger partial charge in [0.05, 0.1) is 18.8 Å². The van der Waals surface area contributed by atoms with Gasteiger partial charge in [-0.05, 0) is 12.5 Å². The molecule has 3 heteroatoms. The normalized spacial score (nSPS) is 33.8. The van der Waals surface area contributed by atoms with E-state index in [4.69, 9.17) is 9.47 Å². The lowest BCUT2D eigenvalue weighted by Gasteiger charge is -2.45. The van der Waals surface area contributed by atoms with E-state index in [2.05, 4.69) is 6.92 Å². The number of benzene rings is 1. The Labute approximate surface area is 114 Å². The molecule has 1 spiro atoms. The largest absolute Gasteiger partial charge is 0.487 e. The molecule has 0 bridgehead atoms. The van der Waals surface area contributed by atoms with Crippen LogP contribution in [0.15, 0.2) is 24.3 Å². The summed E-state index contributed by atoms with van der Waals surface area (Å²) in [5, 5.41) is 10.4. The molecule has 2 unspecified atom stereocenters. The molecule has 3 nitrogen and oxygen atoms in total. The van der Waals surface area contributed by atoms with E-state index in [9.17, 15) is 5.11 Å². The molecule has 0 aliphatic carbocycles. The van der Waals surface area contributed by atoms with Crippen LogP contribution in [0.4, 0.5) is 0 Å². The molecule has 3 rings (SSSR count). The maximum atomic E-state index is 10.4. The average Bonchev–Trinajstić information content (AvgIpc) is 2.39. The van der Waals surface area contributed by atoms with E-state index < -0.39 is 6.10 Å². The molecule has 1 fully saturated rings.